The molecule has 2 rings (SSSR count). The second-order valence-corrected chi connectivity index (χ2v) is 6.20. The lowest BCUT2D eigenvalue weighted by Crippen LogP contribution is -2.25. The van der Waals surface area contributed by atoms with E-state index in [2.05, 4.69) is 10.6 Å². The molecule has 28 heavy (non-hydrogen) atoms. The zero-order valence-electron chi connectivity index (χ0n) is 15.9. The van der Waals surface area contributed by atoms with Crippen LogP contribution < -0.4 is 10.6 Å². The standard InChI is InChI=1S/C22H22N4O2/c1-16-12-20(9-8-19(16)13-18(14-23)15-24)17(2)25-10-11-28-22(27)26-21-6-4-3-5-7-21/h3-9,12-13,17,25H,10-11H2,1-2H3,(H,26,27). The first-order valence-electron chi connectivity index (χ1n) is 8.88. The van der Waals surface area contributed by atoms with Gasteiger partial charge in [-0.3, -0.25) is 5.32 Å². The maximum absolute atomic E-state index is 11.7. The van der Waals surface area contributed by atoms with E-state index >= 15 is 0 Å². The van der Waals surface area contributed by atoms with E-state index in [1.807, 2.05) is 62.4 Å². The number of nitrogens with one attached hydrogen (secondary N) is 2. The van der Waals surface area contributed by atoms with Crippen molar-refractivity contribution in [3.8, 4) is 12.1 Å². The van der Waals surface area contributed by atoms with Crippen molar-refractivity contribution < 1.29 is 9.53 Å². The molecule has 1 unspecified atom stereocenters. The highest BCUT2D eigenvalue weighted by Gasteiger charge is 2.08. The number of benzene rings is 2. The molecule has 0 spiro atoms. The molecule has 0 heterocycles. The number of ether oxygens (including phenoxy) is 1. The van der Waals surface area contributed by atoms with Crippen LogP contribution in [-0.4, -0.2) is 19.2 Å². The first kappa shape index (κ1) is 20.7. The summed E-state index contributed by atoms with van der Waals surface area (Å²) >= 11 is 0. The maximum atomic E-state index is 11.7. The van der Waals surface area contributed by atoms with Gasteiger partial charge in [0, 0.05) is 18.3 Å². The number of nitriles is 2. The number of hydrogen-bond donors (Lipinski definition) is 2. The Kier molecular flexibility index (Phi) is 7.77. The lowest BCUT2D eigenvalue weighted by atomic mass is 10.00. The average Bonchev–Trinajstić information content (AvgIpc) is 2.71. The molecule has 0 fully saturated rings. The third-order valence-electron chi connectivity index (χ3n) is 4.14. The van der Waals surface area contributed by atoms with Crippen LogP contribution in [0.1, 0.15) is 29.7 Å². The Bertz CT molecular complexity index is 908. The first-order valence-corrected chi connectivity index (χ1v) is 8.88. The second kappa shape index (κ2) is 10.5. The molecule has 0 bridgehead atoms. The van der Waals surface area contributed by atoms with Crippen LogP contribution in [0.25, 0.3) is 6.08 Å². The SMILES string of the molecule is Cc1cc(C(C)NCCOC(=O)Nc2ccccc2)ccc1C=C(C#N)C#N. The number of anilines is 1. The Hall–Kier alpha value is -3.61. The largest absolute Gasteiger partial charge is 0.448 e. The molecule has 0 radical (unpaired) electrons. The number of allylic oxidation sites excluding steroid dienone is 1. The summed E-state index contributed by atoms with van der Waals surface area (Å²) in [5, 5.41) is 23.7. The minimum Gasteiger partial charge on any atom is -0.448 e. The van der Waals surface area contributed by atoms with Crippen molar-refractivity contribution in [3.05, 3.63) is 70.8 Å². The van der Waals surface area contributed by atoms with Crippen LogP contribution in [0.15, 0.2) is 54.1 Å². The van der Waals surface area contributed by atoms with Crippen molar-refractivity contribution in [2.75, 3.05) is 18.5 Å². The zero-order valence-corrected chi connectivity index (χ0v) is 15.9. The summed E-state index contributed by atoms with van der Waals surface area (Å²) in [4.78, 5) is 11.7. The van der Waals surface area contributed by atoms with E-state index in [4.69, 9.17) is 15.3 Å². The van der Waals surface area contributed by atoms with Gasteiger partial charge in [-0.05, 0) is 48.7 Å². The van der Waals surface area contributed by atoms with Gasteiger partial charge < -0.3 is 10.1 Å². The summed E-state index contributed by atoms with van der Waals surface area (Å²) in [5.74, 6) is 0. The number of nitrogens with zero attached hydrogens (tertiary/aromatic N) is 2. The Morgan fingerprint density at radius 3 is 2.54 bits per heavy atom. The monoisotopic (exact) mass is 374 g/mol. The highest BCUT2D eigenvalue weighted by molar-refractivity contribution is 5.84. The van der Waals surface area contributed by atoms with Gasteiger partial charge in [-0.1, -0.05) is 36.4 Å². The molecule has 0 aliphatic carbocycles. The summed E-state index contributed by atoms with van der Waals surface area (Å²) in [7, 11) is 0. The van der Waals surface area contributed by atoms with Gasteiger partial charge in [-0.15, -0.1) is 0 Å². The number of carbonyl (C=O) groups excluding carboxylic acids is 1. The number of aryl methyl sites for hydroxylation is 1. The van der Waals surface area contributed by atoms with Crippen molar-refractivity contribution in [2.24, 2.45) is 0 Å². The summed E-state index contributed by atoms with van der Waals surface area (Å²) in [6.45, 7) is 4.71. The van der Waals surface area contributed by atoms with Crippen LogP contribution >= 0.6 is 0 Å². The summed E-state index contributed by atoms with van der Waals surface area (Å²) in [5.41, 5.74) is 3.66. The highest BCUT2D eigenvalue weighted by Crippen LogP contribution is 2.19. The predicted molar refractivity (Wildman–Crippen MR) is 108 cm³/mol. The minimum atomic E-state index is -0.488. The van der Waals surface area contributed by atoms with Gasteiger partial charge in [0.25, 0.3) is 0 Å². The Balaban J connectivity index is 1.81. The minimum absolute atomic E-state index is 0.0592. The fourth-order valence-electron chi connectivity index (χ4n) is 2.59. The summed E-state index contributed by atoms with van der Waals surface area (Å²) < 4.78 is 5.16. The number of carbonyl (C=O) groups is 1. The van der Waals surface area contributed by atoms with Crippen molar-refractivity contribution in [1.29, 1.82) is 10.5 Å². The molecule has 1 atom stereocenters. The number of amides is 1. The fourth-order valence-corrected chi connectivity index (χ4v) is 2.59. The number of rotatable bonds is 7. The Morgan fingerprint density at radius 1 is 1.18 bits per heavy atom. The number of para-hydroxylation sites is 1. The van der Waals surface area contributed by atoms with Gasteiger partial charge in [0.15, 0.2) is 0 Å². The molecule has 2 aromatic carbocycles. The Labute approximate surface area is 165 Å². The fraction of sp³-hybridized carbons (Fsp3) is 0.227. The molecular weight excluding hydrogens is 352 g/mol. The van der Waals surface area contributed by atoms with Gasteiger partial charge >= 0.3 is 6.09 Å². The molecule has 0 aromatic heterocycles. The van der Waals surface area contributed by atoms with Crippen LogP contribution in [0.3, 0.4) is 0 Å². The summed E-state index contributed by atoms with van der Waals surface area (Å²) in [6.07, 6.45) is 1.09. The normalized spacial score (nSPS) is 10.9. The smallest absolute Gasteiger partial charge is 0.411 e. The van der Waals surface area contributed by atoms with E-state index in [0.717, 1.165) is 16.7 Å². The lowest BCUT2D eigenvalue weighted by molar-refractivity contribution is 0.161. The van der Waals surface area contributed by atoms with Crippen LogP contribution in [0, 0.1) is 29.6 Å². The highest BCUT2D eigenvalue weighted by atomic mass is 16.5. The first-order chi connectivity index (χ1) is 13.5. The maximum Gasteiger partial charge on any atom is 0.411 e. The molecule has 6 heteroatoms. The molecule has 0 saturated heterocycles. The number of hydrogen-bond acceptors (Lipinski definition) is 5. The van der Waals surface area contributed by atoms with Gasteiger partial charge in [0.05, 0.1) is 0 Å². The topological polar surface area (TPSA) is 97.9 Å². The molecular formula is C22H22N4O2. The zero-order chi connectivity index (χ0) is 20.4. The molecule has 2 aromatic rings. The van der Waals surface area contributed by atoms with E-state index in [0.29, 0.717) is 12.2 Å². The van der Waals surface area contributed by atoms with Gasteiger partial charge in [0.1, 0.15) is 24.3 Å². The molecule has 6 nitrogen and oxygen atoms in total. The lowest BCUT2D eigenvalue weighted by Gasteiger charge is -2.16. The third kappa shape index (κ3) is 6.28. The van der Waals surface area contributed by atoms with Crippen LogP contribution in [0.5, 0.6) is 0 Å². The van der Waals surface area contributed by atoms with Gasteiger partial charge in [-0.25, -0.2) is 4.79 Å². The molecule has 1 amide bonds. The van der Waals surface area contributed by atoms with Crippen LogP contribution in [0.2, 0.25) is 0 Å². The van der Waals surface area contributed by atoms with E-state index in [9.17, 15) is 4.79 Å². The van der Waals surface area contributed by atoms with Crippen molar-refractivity contribution in [3.63, 3.8) is 0 Å². The van der Waals surface area contributed by atoms with Gasteiger partial charge in [-0.2, -0.15) is 10.5 Å². The van der Waals surface area contributed by atoms with Crippen molar-refractivity contribution in [2.45, 2.75) is 19.9 Å². The van der Waals surface area contributed by atoms with E-state index in [1.165, 1.54) is 0 Å². The quantitative estimate of drug-likeness (QED) is 0.555. The molecule has 2 N–H and O–H groups in total. The van der Waals surface area contributed by atoms with E-state index in [1.54, 1.807) is 18.2 Å². The van der Waals surface area contributed by atoms with Crippen LogP contribution in [-0.2, 0) is 4.74 Å². The predicted octanol–water partition coefficient (Wildman–Crippen LogP) is 4.32. The Morgan fingerprint density at radius 2 is 1.89 bits per heavy atom. The van der Waals surface area contributed by atoms with Crippen molar-refractivity contribution >= 4 is 17.9 Å². The molecule has 0 aliphatic heterocycles. The molecule has 142 valence electrons. The molecule has 0 saturated carbocycles. The average molecular weight is 374 g/mol. The second-order valence-electron chi connectivity index (χ2n) is 6.20. The van der Waals surface area contributed by atoms with E-state index in [-0.39, 0.29) is 18.2 Å². The van der Waals surface area contributed by atoms with Crippen molar-refractivity contribution in [1.82, 2.24) is 5.32 Å². The van der Waals surface area contributed by atoms with Gasteiger partial charge in [0.2, 0.25) is 0 Å². The van der Waals surface area contributed by atoms with Crippen LogP contribution in [0.4, 0.5) is 10.5 Å². The van der Waals surface area contributed by atoms with E-state index < -0.39 is 6.09 Å². The summed E-state index contributed by atoms with van der Waals surface area (Å²) in [6, 6.07) is 18.8. The third-order valence-corrected chi connectivity index (χ3v) is 4.14. The molecule has 0 aliphatic rings.